The van der Waals surface area contributed by atoms with Crippen LogP contribution in [-0.4, -0.2) is 35.0 Å². The third-order valence-electron chi connectivity index (χ3n) is 2.36. The summed E-state index contributed by atoms with van der Waals surface area (Å²) in [6, 6.07) is -0.346. The van der Waals surface area contributed by atoms with Crippen molar-refractivity contribution in [2.45, 2.75) is 38.8 Å². The molecule has 0 aliphatic carbocycles. The molecule has 1 rings (SSSR count). The van der Waals surface area contributed by atoms with E-state index in [1.54, 1.807) is 20.8 Å². The van der Waals surface area contributed by atoms with Crippen LogP contribution in [0.1, 0.15) is 38.2 Å². The van der Waals surface area contributed by atoms with Gasteiger partial charge in [0.1, 0.15) is 21.1 Å². The zero-order valence-electron chi connectivity index (χ0n) is 12.6. The largest absolute Gasteiger partial charge is 0.444 e. The summed E-state index contributed by atoms with van der Waals surface area (Å²) in [5.74, 6) is -0.342. The van der Waals surface area contributed by atoms with Gasteiger partial charge in [-0.15, -0.1) is 22.9 Å². The van der Waals surface area contributed by atoms with Gasteiger partial charge in [-0.05, 0) is 43.1 Å². The molecule has 0 saturated heterocycles. The summed E-state index contributed by atoms with van der Waals surface area (Å²) in [4.78, 5) is 27.4. The van der Waals surface area contributed by atoms with Gasteiger partial charge in [-0.2, -0.15) is 0 Å². The van der Waals surface area contributed by atoms with Crippen LogP contribution in [0.2, 0.25) is 0 Å². The highest BCUT2D eigenvalue weighted by Gasteiger charge is 2.22. The van der Waals surface area contributed by atoms with Gasteiger partial charge >= 0.3 is 6.09 Å². The zero-order valence-corrected chi connectivity index (χ0v) is 15.8. The lowest BCUT2D eigenvalue weighted by molar-refractivity contribution is -0.118. The average molecular weight is 413 g/mol. The molecule has 22 heavy (non-hydrogen) atoms. The maximum atomic E-state index is 11.9. The highest BCUT2D eigenvalue weighted by Crippen LogP contribution is 2.24. The Labute approximate surface area is 147 Å². The van der Waals surface area contributed by atoms with Gasteiger partial charge < -0.3 is 15.4 Å². The van der Waals surface area contributed by atoms with Crippen LogP contribution < -0.4 is 10.6 Å². The average Bonchev–Trinajstić information content (AvgIpc) is 2.81. The Morgan fingerprint density at radius 3 is 2.68 bits per heavy atom. The first-order chi connectivity index (χ1) is 10.2. The third-order valence-corrected chi connectivity index (χ3v) is 4.27. The van der Waals surface area contributed by atoms with E-state index in [2.05, 4.69) is 31.5 Å². The van der Waals surface area contributed by atoms with Crippen molar-refractivity contribution < 1.29 is 14.3 Å². The summed E-state index contributed by atoms with van der Waals surface area (Å²) in [6.07, 6.45) is -0.0329. The van der Waals surface area contributed by atoms with Crippen LogP contribution in [0.25, 0.3) is 0 Å². The monoisotopic (exact) mass is 411 g/mol. The fourth-order valence-electron chi connectivity index (χ4n) is 1.54. The summed E-state index contributed by atoms with van der Waals surface area (Å²) in [5.41, 5.74) is -0.578. The van der Waals surface area contributed by atoms with Crippen molar-refractivity contribution in [3.05, 3.63) is 15.0 Å². The van der Waals surface area contributed by atoms with Gasteiger partial charge in [0.25, 0.3) is 0 Å². The van der Waals surface area contributed by atoms with Gasteiger partial charge in [-0.1, -0.05) is 0 Å². The van der Waals surface area contributed by atoms with Crippen LogP contribution >= 0.6 is 38.9 Å². The Bertz CT molecular complexity index is 519. The summed E-state index contributed by atoms with van der Waals surface area (Å²) in [7, 11) is 0. The SMILES string of the molecule is CC(C)(C)OC(=O)NC(CCNC(=O)CCl)c1nc(Br)cs1. The van der Waals surface area contributed by atoms with E-state index in [0.29, 0.717) is 17.6 Å². The van der Waals surface area contributed by atoms with E-state index in [1.807, 2.05) is 5.38 Å². The molecule has 1 aromatic rings. The summed E-state index contributed by atoms with van der Waals surface area (Å²) in [5, 5.41) is 8.00. The molecule has 2 amide bonds. The second-order valence-corrected chi connectivity index (χ2v) is 7.45. The van der Waals surface area contributed by atoms with E-state index >= 15 is 0 Å². The van der Waals surface area contributed by atoms with E-state index in [4.69, 9.17) is 16.3 Å². The van der Waals surface area contributed by atoms with Crippen LogP contribution in [-0.2, 0) is 9.53 Å². The Kier molecular flexibility index (Phi) is 7.58. The molecule has 6 nitrogen and oxygen atoms in total. The summed E-state index contributed by atoms with van der Waals surface area (Å²) >= 11 is 10.1. The standard InChI is InChI=1S/C13H19BrClN3O3S/c1-13(2,3)21-12(20)17-8(4-5-16-10(19)6-15)11-18-9(14)7-22-11/h7-8H,4-6H2,1-3H3,(H,16,19)(H,17,20). The molecule has 1 atom stereocenters. The number of carbonyl (C=O) groups excluding carboxylic acids is 2. The molecule has 0 radical (unpaired) electrons. The van der Waals surface area contributed by atoms with Gasteiger partial charge in [0, 0.05) is 11.9 Å². The topological polar surface area (TPSA) is 80.3 Å². The van der Waals surface area contributed by atoms with Crippen LogP contribution in [0.4, 0.5) is 4.79 Å². The molecule has 0 aliphatic heterocycles. The van der Waals surface area contributed by atoms with E-state index < -0.39 is 11.7 Å². The number of nitrogens with one attached hydrogen (secondary N) is 2. The minimum Gasteiger partial charge on any atom is -0.444 e. The number of ether oxygens (including phenoxy) is 1. The minimum absolute atomic E-state index is 0.0903. The number of halogens is 2. The van der Waals surface area contributed by atoms with Crippen molar-refractivity contribution >= 4 is 50.9 Å². The maximum Gasteiger partial charge on any atom is 0.408 e. The highest BCUT2D eigenvalue weighted by molar-refractivity contribution is 9.10. The molecule has 0 spiro atoms. The minimum atomic E-state index is -0.578. The zero-order chi connectivity index (χ0) is 16.8. The molecule has 1 aromatic heterocycles. The van der Waals surface area contributed by atoms with Gasteiger partial charge in [-0.25, -0.2) is 9.78 Å². The van der Waals surface area contributed by atoms with Crippen molar-refractivity contribution in [2.24, 2.45) is 0 Å². The number of aromatic nitrogens is 1. The number of hydrogen-bond acceptors (Lipinski definition) is 5. The number of nitrogens with zero attached hydrogens (tertiary/aromatic N) is 1. The van der Waals surface area contributed by atoms with Crippen LogP contribution in [0.5, 0.6) is 0 Å². The molecular formula is C13H19BrClN3O3S. The van der Waals surface area contributed by atoms with Crippen LogP contribution in [0.3, 0.4) is 0 Å². The van der Waals surface area contributed by atoms with Crippen LogP contribution in [0, 0.1) is 0 Å². The normalized spacial score (nSPS) is 12.6. The second kappa shape index (κ2) is 8.69. The molecule has 1 unspecified atom stereocenters. The summed E-state index contributed by atoms with van der Waals surface area (Å²) < 4.78 is 5.95. The van der Waals surface area contributed by atoms with E-state index in [1.165, 1.54) is 11.3 Å². The number of carbonyl (C=O) groups is 2. The third kappa shape index (κ3) is 7.42. The molecule has 2 N–H and O–H groups in total. The van der Waals surface area contributed by atoms with Gasteiger partial charge in [-0.3, -0.25) is 4.79 Å². The number of rotatable bonds is 6. The van der Waals surface area contributed by atoms with E-state index in [9.17, 15) is 9.59 Å². The molecule has 124 valence electrons. The lowest BCUT2D eigenvalue weighted by atomic mass is 10.2. The molecule has 0 saturated carbocycles. The lowest BCUT2D eigenvalue weighted by Crippen LogP contribution is -2.36. The fraction of sp³-hybridized carbons (Fsp3) is 0.615. The number of alkyl halides is 1. The summed E-state index contributed by atoms with van der Waals surface area (Å²) in [6.45, 7) is 5.76. The predicted molar refractivity (Wildman–Crippen MR) is 90.3 cm³/mol. The number of hydrogen-bond donors (Lipinski definition) is 2. The molecular weight excluding hydrogens is 394 g/mol. The molecule has 1 heterocycles. The van der Waals surface area contributed by atoms with Crippen LogP contribution in [0.15, 0.2) is 9.98 Å². The molecule has 0 aromatic carbocycles. The van der Waals surface area contributed by atoms with Gasteiger partial charge in [0.2, 0.25) is 5.91 Å². The maximum absolute atomic E-state index is 11.9. The van der Waals surface area contributed by atoms with Crippen molar-refractivity contribution in [1.82, 2.24) is 15.6 Å². The van der Waals surface area contributed by atoms with Gasteiger partial charge in [0.15, 0.2) is 0 Å². The van der Waals surface area contributed by atoms with E-state index in [-0.39, 0.29) is 17.8 Å². The number of alkyl carbamates (subject to hydrolysis) is 1. The van der Waals surface area contributed by atoms with Crippen molar-refractivity contribution in [3.8, 4) is 0 Å². The fourth-order valence-corrected chi connectivity index (χ4v) is 2.98. The van der Waals surface area contributed by atoms with Crippen molar-refractivity contribution in [1.29, 1.82) is 0 Å². The first kappa shape index (κ1) is 19.2. The quantitative estimate of drug-likeness (QED) is 0.703. The highest BCUT2D eigenvalue weighted by atomic mass is 79.9. The van der Waals surface area contributed by atoms with Crippen molar-refractivity contribution in [2.75, 3.05) is 12.4 Å². The predicted octanol–water partition coefficient (Wildman–Crippen LogP) is 3.22. The lowest BCUT2D eigenvalue weighted by Gasteiger charge is -2.22. The smallest absolute Gasteiger partial charge is 0.408 e. The Morgan fingerprint density at radius 1 is 1.50 bits per heavy atom. The Balaban J connectivity index is 2.66. The Hall–Kier alpha value is -0.860. The molecule has 9 heteroatoms. The first-order valence-corrected chi connectivity index (χ1v) is 8.85. The Morgan fingerprint density at radius 2 is 2.18 bits per heavy atom. The molecule has 0 bridgehead atoms. The molecule has 0 fully saturated rings. The number of thiazole rings is 1. The number of amides is 2. The van der Waals surface area contributed by atoms with Crippen molar-refractivity contribution in [3.63, 3.8) is 0 Å². The van der Waals surface area contributed by atoms with E-state index in [0.717, 1.165) is 5.01 Å². The van der Waals surface area contributed by atoms with Gasteiger partial charge in [0.05, 0.1) is 6.04 Å². The second-order valence-electron chi connectivity index (χ2n) is 5.48. The first-order valence-electron chi connectivity index (χ1n) is 6.64. The molecule has 0 aliphatic rings.